The smallest absolute Gasteiger partial charge is 0.277 e. The van der Waals surface area contributed by atoms with Crippen LogP contribution < -0.4 is 21.3 Å². The molecule has 4 rings (SSSR count). The molecule has 170 valence electrons. The van der Waals surface area contributed by atoms with E-state index in [9.17, 15) is 18.0 Å². The van der Waals surface area contributed by atoms with Gasteiger partial charge in [-0.05, 0) is 19.1 Å². The first kappa shape index (κ1) is 22.1. The fourth-order valence-corrected chi connectivity index (χ4v) is 4.53. The summed E-state index contributed by atoms with van der Waals surface area (Å²) in [5.74, 6) is -1.74. The summed E-state index contributed by atoms with van der Waals surface area (Å²) in [5, 5.41) is 9.91. The Hall–Kier alpha value is -3.12. The number of hydrogen-bond acceptors (Lipinski definition) is 7. The Kier molecular flexibility index (Phi) is 5.82. The van der Waals surface area contributed by atoms with Gasteiger partial charge in [-0.15, -0.1) is 0 Å². The van der Waals surface area contributed by atoms with Gasteiger partial charge < -0.3 is 21.3 Å². The number of nitrogens with one attached hydrogen (secondary N) is 2. The third-order valence-corrected chi connectivity index (χ3v) is 5.97. The monoisotopic (exact) mass is 465 g/mol. The molecule has 1 amide bonds. The van der Waals surface area contributed by atoms with Gasteiger partial charge in [-0.1, -0.05) is 17.4 Å². The molecule has 0 aliphatic carbocycles. The van der Waals surface area contributed by atoms with E-state index in [0.29, 0.717) is 24.6 Å². The second kappa shape index (κ2) is 8.43. The van der Waals surface area contributed by atoms with Crippen LogP contribution in [0.5, 0.6) is 0 Å². The Balaban J connectivity index is 1.62. The third kappa shape index (κ3) is 4.28. The van der Waals surface area contributed by atoms with E-state index in [4.69, 9.17) is 5.73 Å². The van der Waals surface area contributed by atoms with Crippen molar-refractivity contribution in [1.82, 2.24) is 20.1 Å². The van der Waals surface area contributed by atoms with Crippen LogP contribution in [0.4, 0.5) is 29.7 Å². The number of hydrogen-bond donors (Lipinski definition) is 3. The van der Waals surface area contributed by atoms with Crippen molar-refractivity contribution >= 4 is 33.8 Å². The number of rotatable bonds is 4. The maximum atomic E-state index is 14.7. The molecule has 0 saturated carbocycles. The third-order valence-electron chi connectivity index (χ3n) is 5.07. The van der Waals surface area contributed by atoms with Gasteiger partial charge in [-0.3, -0.25) is 9.48 Å². The van der Waals surface area contributed by atoms with Gasteiger partial charge in [0.2, 0.25) is 0 Å². The van der Waals surface area contributed by atoms with Gasteiger partial charge in [0.25, 0.3) is 5.91 Å². The summed E-state index contributed by atoms with van der Waals surface area (Å²) in [6.45, 7) is 2.91. The zero-order valence-electron chi connectivity index (χ0n) is 17.5. The molecule has 2 aromatic heterocycles. The van der Waals surface area contributed by atoms with Crippen molar-refractivity contribution in [1.29, 1.82) is 0 Å². The summed E-state index contributed by atoms with van der Waals surface area (Å²) in [7, 11) is 1.69. The molecule has 3 heterocycles. The first-order valence-corrected chi connectivity index (χ1v) is 10.7. The lowest BCUT2D eigenvalue weighted by atomic mass is 10.1. The number of aromatic nitrogens is 3. The molecule has 1 aliphatic rings. The standard InChI is InChI=1S/C20H22F3N7OS/c1-20(23)9-25-6-7-30(10-20)19-13(8-26-29(19)2)27-17(31)15-16(24)32-18(28-15)14-11(21)4-3-5-12(14)22/h3-5,8,25H,6-7,9-10,24H2,1-2H3,(H,27,31). The zero-order valence-corrected chi connectivity index (χ0v) is 18.3. The minimum absolute atomic E-state index is 0.0147. The summed E-state index contributed by atoms with van der Waals surface area (Å²) < 4.78 is 44.5. The lowest BCUT2D eigenvalue weighted by Gasteiger charge is -2.28. The van der Waals surface area contributed by atoms with Gasteiger partial charge in [0.05, 0.1) is 18.3 Å². The highest BCUT2D eigenvalue weighted by atomic mass is 32.1. The first-order chi connectivity index (χ1) is 15.2. The number of carbonyl (C=O) groups is 1. The number of nitrogen functional groups attached to an aromatic ring is 1. The normalized spacial score (nSPS) is 19.1. The number of benzene rings is 1. The van der Waals surface area contributed by atoms with Gasteiger partial charge in [0.1, 0.15) is 33.0 Å². The Labute approximate surface area is 186 Å². The highest BCUT2D eigenvalue weighted by Crippen LogP contribution is 2.34. The van der Waals surface area contributed by atoms with Crippen molar-refractivity contribution < 1.29 is 18.0 Å². The van der Waals surface area contributed by atoms with E-state index in [1.165, 1.54) is 19.2 Å². The number of carbonyl (C=O) groups excluding carboxylic acids is 1. The molecule has 1 fully saturated rings. The quantitative estimate of drug-likeness (QED) is 0.548. The molecule has 12 heteroatoms. The van der Waals surface area contributed by atoms with Crippen molar-refractivity contribution in [3.63, 3.8) is 0 Å². The molecule has 1 unspecified atom stereocenters. The average molecular weight is 466 g/mol. The molecular formula is C20H22F3N7OS. The van der Waals surface area contributed by atoms with Crippen LogP contribution in [-0.4, -0.2) is 52.5 Å². The van der Waals surface area contributed by atoms with Crippen LogP contribution in [0, 0.1) is 11.6 Å². The number of halogens is 3. The van der Waals surface area contributed by atoms with Crippen molar-refractivity contribution in [2.45, 2.75) is 12.6 Å². The van der Waals surface area contributed by atoms with Crippen LogP contribution in [0.15, 0.2) is 24.4 Å². The first-order valence-electron chi connectivity index (χ1n) is 9.85. The number of amides is 1. The average Bonchev–Trinajstić information content (AvgIpc) is 3.20. The highest BCUT2D eigenvalue weighted by molar-refractivity contribution is 7.19. The molecule has 32 heavy (non-hydrogen) atoms. The number of nitrogens with zero attached hydrogens (tertiary/aromatic N) is 4. The van der Waals surface area contributed by atoms with E-state index in [0.717, 1.165) is 23.5 Å². The van der Waals surface area contributed by atoms with Crippen molar-refractivity contribution in [3.05, 3.63) is 41.7 Å². The SMILES string of the molecule is Cn1ncc(NC(=O)c2nc(-c3c(F)cccc3F)sc2N)c1N1CCNCC(C)(F)C1. The molecule has 1 atom stereocenters. The molecule has 1 saturated heterocycles. The Morgan fingerprint density at radius 1 is 1.34 bits per heavy atom. The highest BCUT2D eigenvalue weighted by Gasteiger charge is 2.32. The molecule has 0 spiro atoms. The van der Waals surface area contributed by atoms with E-state index in [1.54, 1.807) is 16.6 Å². The van der Waals surface area contributed by atoms with E-state index in [1.807, 2.05) is 0 Å². The molecule has 1 aliphatic heterocycles. The van der Waals surface area contributed by atoms with Gasteiger partial charge >= 0.3 is 0 Å². The van der Waals surface area contributed by atoms with Crippen LogP contribution in [0.1, 0.15) is 17.4 Å². The van der Waals surface area contributed by atoms with Crippen molar-refractivity contribution in [2.75, 3.05) is 42.1 Å². The van der Waals surface area contributed by atoms with Crippen molar-refractivity contribution in [2.24, 2.45) is 7.05 Å². The van der Waals surface area contributed by atoms with E-state index < -0.39 is 23.2 Å². The molecular weight excluding hydrogens is 443 g/mol. The van der Waals surface area contributed by atoms with E-state index in [2.05, 4.69) is 20.7 Å². The second-order valence-corrected chi connectivity index (χ2v) is 8.83. The van der Waals surface area contributed by atoms with Gasteiger partial charge in [0, 0.05) is 26.7 Å². The summed E-state index contributed by atoms with van der Waals surface area (Å²) in [5.41, 5.74) is 4.31. The molecule has 0 bridgehead atoms. The van der Waals surface area contributed by atoms with Gasteiger partial charge in [0.15, 0.2) is 11.5 Å². The molecule has 1 aromatic carbocycles. The van der Waals surface area contributed by atoms with E-state index in [-0.39, 0.29) is 34.4 Å². The molecule has 4 N–H and O–H groups in total. The van der Waals surface area contributed by atoms with Crippen LogP contribution in [0.25, 0.3) is 10.6 Å². The number of thiazole rings is 1. The lowest BCUT2D eigenvalue weighted by molar-refractivity contribution is 0.102. The molecule has 0 radical (unpaired) electrons. The topological polar surface area (TPSA) is 101 Å². The number of alkyl halides is 1. The summed E-state index contributed by atoms with van der Waals surface area (Å²) in [6.07, 6.45) is 1.45. The predicted octanol–water partition coefficient (Wildman–Crippen LogP) is 2.79. The fraction of sp³-hybridized carbons (Fsp3) is 0.350. The summed E-state index contributed by atoms with van der Waals surface area (Å²) in [6, 6.07) is 3.45. The summed E-state index contributed by atoms with van der Waals surface area (Å²) >= 11 is 0.811. The fourth-order valence-electron chi connectivity index (χ4n) is 3.66. The maximum Gasteiger partial charge on any atom is 0.277 e. The number of anilines is 3. The summed E-state index contributed by atoms with van der Waals surface area (Å²) in [4.78, 5) is 18.8. The van der Waals surface area contributed by atoms with E-state index >= 15 is 0 Å². The Bertz CT molecular complexity index is 1140. The largest absolute Gasteiger partial charge is 0.389 e. The minimum atomic E-state index is -1.47. The maximum absolute atomic E-state index is 14.7. The Morgan fingerprint density at radius 3 is 2.78 bits per heavy atom. The minimum Gasteiger partial charge on any atom is -0.389 e. The Morgan fingerprint density at radius 2 is 2.06 bits per heavy atom. The molecule has 3 aromatic rings. The van der Waals surface area contributed by atoms with Crippen molar-refractivity contribution in [3.8, 4) is 10.6 Å². The second-order valence-electron chi connectivity index (χ2n) is 7.80. The van der Waals surface area contributed by atoms with Gasteiger partial charge in [-0.25, -0.2) is 18.2 Å². The zero-order chi connectivity index (χ0) is 23.0. The lowest BCUT2D eigenvalue weighted by Crippen LogP contribution is -2.40. The van der Waals surface area contributed by atoms with Crippen LogP contribution >= 0.6 is 11.3 Å². The van der Waals surface area contributed by atoms with Crippen LogP contribution in [-0.2, 0) is 7.05 Å². The number of aryl methyl sites for hydroxylation is 1. The van der Waals surface area contributed by atoms with Crippen LogP contribution in [0.2, 0.25) is 0 Å². The predicted molar refractivity (Wildman–Crippen MR) is 118 cm³/mol. The van der Waals surface area contributed by atoms with Crippen LogP contribution in [0.3, 0.4) is 0 Å². The van der Waals surface area contributed by atoms with Gasteiger partial charge in [-0.2, -0.15) is 5.10 Å². The number of nitrogens with two attached hydrogens (primary N) is 1. The molecule has 8 nitrogen and oxygen atoms in total.